The molecule has 0 radical (unpaired) electrons. The molecule has 0 saturated carbocycles. The Kier molecular flexibility index (Phi) is 4.98. The highest BCUT2D eigenvalue weighted by Gasteiger charge is 2.22. The van der Waals surface area contributed by atoms with Gasteiger partial charge in [-0.05, 0) is 6.07 Å². The Morgan fingerprint density at radius 1 is 1.26 bits per heavy atom. The Balaban J connectivity index is 0.00000180. The highest BCUT2D eigenvalue weighted by molar-refractivity contribution is 5.98. The molecule has 1 N–H and O–H groups in total. The zero-order chi connectivity index (χ0) is 13.3. The fourth-order valence-corrected chi connectivity index (χ4v) is 2.11. The number of nitrogens with one attached hydrogen (secondary N) is 1. The fraction of sp³-hybridized carbons (Fsp3) is 0.357. The van der Waals surface area contributed by atoms with E-state index in [0.29, 0.717) is 5.69 Å². The number of benzene rings is 1. The summed E-state index contributed by atoms with van der Waals surface area (Å²) in [5.41, 5.74) is 2.55. The van der Waals surface area contributed by atoms with Gasteiger partial charge in [0.15, 0.2) is 0 Å². The first-order valence-electron chi connectivity index (χ1n) is 5.91. The summed E-state index contributed by atoms with van der Waals surface area (Å²) in [6.07, 6.45) is 0. The Morgan fingerprint density at radius 3 is 2.47 bits per heavy atom. The number of hydrogen-bond acceptors (Lipinski definition) is 2. The minimum absolute atomic E-state index is 0. The van der Waals surface area contributed by atoms with Crippen LogP contribution in [-0.4, -0.2) is 43.7 Å². The first-order valence-corrected chi connectivity index (χ1v) is 5.91. The molecule has 0 aliphatic heterocycles. The van der Waals surface area contributed by atoms with Crippen LogP contribution in [0.4, 0.5) is 0 Å². The van der Waals surface area contributed by atoms with Gasteiger partial charge in [0.05, 0.1) is 28.3 Å². The number of fused-ring (bicyclic) bond motifs is 1. The van der Waals surface area contributed by atoms with Crippen molar-refractivity contribution < 1.29 is 38.0 Å². The van der Waals surface area contributed by atoms with Gasteiger partial charge in [-0.3, -0.25) is 0 Å². The van der Waals surface area contributed by atoms with E-state index < -0.39 is 0 Å². The lowest BCUT2D eigenvalue weighted by Gasteiger charge is -2.24. The Morgan fingerprint density at radius 2 is 1.89 bits per heavy atom. The summed E-state index contributed by atoms with van der Waals surface area (Å²) in [7, 11) is 7.71. The highest BCUT2D eigenvalue weighted by Crippen LogP contribution is 2.25. The van der Waals surface area contributed by atoms with E-state index in [0.717, 1.165) is 27.5 Å². The van der Waals surface area contributed by atoms with Crippen LogP contribution in [-0.2, 0) is 11.3 Å². The highest BCUT2D eigenvalue weighted by atomic mass is 127. The van der Waals surface area contributed by atoms with Crippen molar-refractivity contribution in [1.82, 2.24) is 4.98 Å². The van der Waals surface area contributed by atoms with E-state index >= 15 is 0 Å². The normalized spacial score (nSPS) is 11.2. The number of aromatic nitrogens is 1. The number of nitrogens with zero attached hydrogens (tertiary/aromatic N) is 1. The van der Waals surface area contributed by atoms with Gasteiger partial charge in [0.1, 0.15) is 12.2 Å². The number of methoxy groups -OCH3 is 1. The number of H-pyrrole nitrogens is 1. The number of rotatable bonds is 3. The number of para-hydroxylation sites is 1. The van der Waals surface area contributed by atoms with Gasteiger partial charge < -0.3 is 38.2 Å². The van der Waals surface area contributed by atoms with Crippen molar-refractivity contribution in [3.63, 3.8) is 0 Å². The van der Waals surface area contributed by atoms with Crippen molar-refractivity contribution in [3.05, 3.63) is 35.5 Å². The molecule has 2 aromatic rings. The topological polar surface area (TPSA) is 42.1 Å². The number of carbonyl (C=O) groups excluding carboxylic acids is 1. The molecule has 2 rings (SSSR count). The molecule has 1 aromatic heterocycles. The van der Waals surface area contributed by atoms with Crippen LogP contribution in [0.1, 0.15) is 16.1 Å². The molecule has 0 spiro atoms. The molecule has 0 amide bonds. The molecular formula is C14H19IN2O2. The number of esters is 1. The molecule has 0 bridgehead atoms. The maximum Gasteiger partial charge on any atom is 0.355 e. The summed E-state index contributed by atoms with van der Waals surface area (Å²) < 4.78 is 5.60. The third kappa shape index (κ3) is 3.48. The summed E-state index contributed by atoms with van der Waals surface area (Å²) in [4.78, 5) is 15.0. The van der Waals surface area contributed by atoms with Gasteiger partial charge in [-0.2, -0.15) is 0 Å². The van der Waals surface area contributed by atoms with Crippen molar-refractivity contribution in [2.45, 2.75) is 6.54 Å². The number of hydrogen-bond donors (Lipinski definition) is 1. The summed E-state index contributed by atoms with van der Waals surface area (Å²) in [5.74, 6) is -0.311. The first-order chi connectivity index (χ1) is 8.42. The van der Waals surface area contributed by atoms with E-state index in [4.69, 9.17) is 4.74 Å². The van der Waals surface area contributed by atoms with Gasteiger partial charge in [0, 0.05) is 16.5 Å². The number of carbonyl (C=O) groups is 1. The standard InChI is InChI=1S/C14H18N2O2.HI/c1-16(2,3)9-11-10-7-5-6-8-12(10)15-13(11)14(17)18-4;/h5-8H,9H2,1-4H3;1H. The Labute approximate surface area is 130 Å². The molecule has 104 valence electrons. The predicted octanol–water partition coefficient (Wildman–Crippen LogP) is -0.835. The lowest BCUT2D eigenvalue weighted by atomic mass is 10.1. The average Bonchev–Trinajstić information content (AvgIpc) is 2.65. The van der Waals surface area contributed by atoms with E-state index in [-0.39, 0.29) is 29.9 Å². The molecule has 1 aromatic carbocycles. The Bertz CT molecular complexity index is 585. The van der Waals surface area contributed by atoms with E-state index in [9.17, 15) is 4.79 Å². The molecule has 0 unspecified atom stereocenters. The van der Waals surface area contributed by atoms with Crippen LogP contribution in [0.3, 0.4) is 0 Å². The van der Waals surface area contributed by atoms with Crippen LogP contribution in [0.5, 0.6) is 0 Å². The van der Waals surface area contributed by atoms with Crippen LogP contribution in [0.15, 0.2) is 24.3 Å². The molecule has 0 fully saturated rings. The smallest absolute Gasteiger partial charge is 0.355 e. The van der Waals surface area contributed by atoms with Gasteiger partial charge in [-0.1, -0.05) is 18.2 Å². The summed E-state index contributed by atoms with van der Waals surface area (Å²) >= 11 is 0. The number of ether oxygens (including phenoxy) is 1. The van der Waals surface area contributed by atoms with Gasteiger partial charge in [-0.25, -0.2) is 4.79 Å². The van der Waals surface area contributed by atoms with Crippen molar-refractivity contribution in [1.29, 1.82) is 0 Å². The minimum Gasteiger partial charge on any atom is -1.00 e. The van der Waals surface area contributed by atoms with Gasteiger partial charge in [-0.15, -0.1) is 0 Å². The van der Waals surface area contributed by atoms with Gasteiger partial charge in [0.25, 0.3) is 0 Å². The molecule has 19 heavy (non-hydrogen) atoms. The monoisotopic (exact) mass is 374 g/mol. The zero-order valence-electron chi connectivity index (χ0n) is 11.7. The van der Waals surface area contributed by atoms with Crippen LogP contribution in [0.2, 0.25) is 0 Å². The van der Waals surface area contributed by atoms with E-state index in [2.05, 4.69) is 26.1 Å². The van der Waals surface area contributed by atoms with Crippen LogP contribution in [0.25, 0.3) is 10.9 Å². The second-order valence-electron chi connectivity index (χ2n) is 5.46. The maximum atomic E-state index is 11.8. The van der Waals surface area contributed by atoms with Gasteiger partial charge >= 0.3 is 5.97 Å². The molecule has 0 saturated heterocycles. The molecular weight excluding hydrogens is 355 g/mol. The summed E-state index contributed by atoms with van der Waals surface area (Å²) in [5, 5.41) is 1.09. The largest absolute Gasteiger partial charge is 1.00 e. The second kappa shape index (κ2) is 5.92. The maximum absolute atomic E-state index is 11.8. The zero-order valence-corrected chi connectivity index (χ0v) is 13.8. The second-order valence-corrected chi connectivity index (χ2v) is 5.46. The van der Waals surface area contributed by atoms with Crippen molar-refractivity contribution in [2.24, 2.45) is 0 Å². The average molecular weight is 374 g/mol. The quantitative estimate of drug-likeness (QED) is 0.433. The lowest BCUT2D eigenvalue weighted by Crippen LogP contribution is -3.00. The van der Waals surface area contributed by atoms with E-state index in [1.807, 2.05) is 24.3 Å². The molecule has 0 aliphatic carbocycles. The van der Waals surface area contributed by atoms with E-state index in [1.54, 1.807) is 0 Å². The predicted molar refractivity (Wildman–Crippen MR) is 71.4 cm³/mol. The van der Waals surface area contributed by atoms with Gasteiger partial charge in [0.2, 0.25) is 0 Å². The molecule has 4 nitrogen and oxygen atoms in total. The summed E-state index contributed by atoms with van der Waals surface area (Å²) in [6, 6.07) is 7.94. The fourth-order valence-electron chi connectivity index (χ4n) is 2.11. The third-order valence-electron chi connectivity index (χ3n) is 2.84. The Hall–Kier alpha value is -1.08. The summed E-state index contributed by atoms with van der Waals surface area (Å²) in [6.45, 7) is 0.772. The van der Waals surface area contributed by atoms with Crippen LogP contribution < -0.4 is 24.0 Å². The number of halogens is 1. The SMILES string of the molecule is COC(=O)c1[nH]c2ccccc2c1C[N+](C)(C)C.[I-]. The van der Waals surface area contributed by atoms with Crippen LogP contribution >= 0.6 is 0 Å². The first kappa shape index (κ1) is 16.0. The van der Waals surface area contributed by atoms with Crippen molar-refractivity contribution in [3.8, 4) is 0 Å². The number of quaternary nitrogens is 1. The molecule has 0 atom stereocenters. The van der Waals surface area contributed by atoms with Crippen molar-refractivity contribution in [2.75, 3.05) is 28.3 Å². The number of aromatic amines is 1. The molecule has 0 aliphatic rings. The molecule has 1 heterocycles. The third-order valence-corrected chi connectivity index (χ3v) is 2.84. The van der Waals surface area contributed by atoms with E-state index in [1.165, 1.54) is 7.11 Å². The minimum atomic E-state index is -0.311. The lowest BCUT2D eigenvalue weighted by molar-refractivity contribution is -0.883. The molecule has 5 heteroatoms. The van der Waals surface area contributed by atoms with Crippen LogP contribution in [0, 0.1) is 0 Å². The van der Waals surface area contributed by atoms with Crippen molar-refractivity contribution >= 4 is 16.9 Å².